The Kier molecular flexibility index (Phi) is 7.23. The molecule has 0 bridgehead atoms. The fourth-order valence-electron chi connectivity index (χ4n) is 2.15. The van der Waals surface area contributed by atoms with Gasteiger partial charge in [-0.15, -0.1) is 0 Å². The van der Waals surface area contributed by atoms with Gasteiger partial charge in [0.2, 0.25) is 5.91 Å². The summed E-state index contributed by atoms with van der Waals surface area (Å²) in [5.74, 6) is 1.41. The Balaban J connectivity index is 2.40. The lowest BCUT2D eigenvalue weighted by Gasteiger charge is -2.30. The highest BCUT2D eigenvalue weighted by atomic mass is 32.2. The Morgan fingerprint density at radius 1 is 1.47 bits per heavy atom. The maximum Gasteiger partial charge on any atom is 0.303 e. The van der Waals surface area contributed by atoms with Crippen molar-refractivity contribution in [3.63, 3.8) is 0 Å². The number of rotatable bonds is 7. The van der Waals surface area contributed by atoms with E-state index in [0.29, 0.717) is 19.4 Å². The van der Waals surface area contributed by atoms with Crippen LogP contribution in [-0.2, 0) is 9.59 Å². The molecule has 0 aliphatic carbocycles. The Morgan fingerprint density at radius 3 is 2.74 bits per heavy atom. The normalized spacial score (nSPS) is 19.4. The first kappa shape index (κ1) is 16.3. The molecule has 0 radical (unpaired) electrons. The molecular formula is C13H24N2O3S. The summed E-state index contributed by atoms with van der Waals surface area (Å²) in [5.41, 5.74) is 0. The number of carboxylic acid groups (broad SMARTS) is 1. The van der Waals surface area contributed by atoms with E-state index in [-0.39, 0.29) is 24.4 Å². The lowest BCUT2D eigenvalue weighted by Crippen LogP contribution is -2.44. The number of amides is 1. The predicted octanol–water partition coefficient (Wildman–Crippen LogP) is 1.18. The molecule has 1 rings (SSSR count). The van der Waals surface area contributed by atoms with E-state index in [4.69, 9.17) is 5.11 Å². The second kappa shape index (κ2) is 8.43. The fraction of sp³-hybridized carbons (Fsp3) is 0.846. The Morgan fingerprint density at radius 2 is 2.21 bits per heavy atom. The summed E-state index contributed by atoms with van der Waals surface area (Å²) >= 11 is 1.88. The summed E-state index contributed by atoms with van der Waals surface area (Å²) in [7, 11) is 0. The van der Waals surface area contributed by atoms with Crippen molar-refractivity contribution in [3.05, 3.63) is 0 Å². The summed E-state index contributed by atoms with van der Waals surface area (Å²) in [4.78, 5) is 24.6. The Hall–Kier alpha value is -0.750. The number of hydrogen-bond acceptors (Lipinski definition) is 4. The number of nitrogens with one attached hydrogen (secondary N) is 1. The number of hydrogen-bond donors (Lipinski definition) is 2. The average molecular weight is 288 g/mol. The third kappa shape index (κ3) is 6.29. The Bertz CT molecular complexity index is 304. The lowest BCUT2D eigenvalue weighted by molar-refractivity contribution is -0.138. The van der Waals surface area contributed by atoms with Crippen LogP contribution in [0.4, 0.5) is 0 Å². The van der Waals surface area contributed by atoms with E-state index >= 15 is 0 Å². The third-order valence-electron chi connectivity index (χ3n) is 3.15. The van der Waals surface area contributed by atoms with Gasteiger partial charge in [-0.1, -0.05) is 0 Å². The van der Waals surface area contributed by atoms with Gasteiger partial charge in [-0.05, 0) is 20.3 Å². The standard InChI is InChI=1S/C13H24N2O3S/c1-10(2)15(6-3-4-13(17)18)12(16)8-11-9-19-7-5-14-11/h10-11,14H,3-9H2,1-2H3,(H,17,18). The van der Waals surface area contributed by atoms with Crippen molar-refractivity contribution in [2.24, 2.45) is 0 Å². The first-order chi connectivity index (χ1) is 9.00. The van der Waals surface area contributed by atoms with E-state index in [9.17, 15) is 9.59 Å². The van der Waals surface area contributed by atoms with Crippen LogP contribution in [0.3, 0.4) is 0 Å². The van der Waals surface area contributed by atoms with Gasteiger partial charge < -0.3 is 15.3 Å². The van der Waals surface area contributed by atoms with Crippen LogP contribution in [0.1, 0.15) is 33.1 Å². The smallest absolute Gasteiger partial charge is 0.303 e. The third-order valence-corrected chi connectivity index (χ3v) is 4.28. The molecule has 0 aromatic heterocycles. The van der Waals surface area contributed by atoms with Gasteiger partial charge in [0.05, 0.1) is 0 Å². The Labute approximate surface area is 119 Å². The van der Waals surface area contributed by atoms with E-state index in [0.717, 1.165) is 18.1 Å². The van der Waals surface area contributed by atoms with E-state index in [2.05, 4.69) is 5.32 Å². The van der Waals surface area contributed by atoms with Crippen molar-refractivity contribution in [1.82, 2.24) is 10.2 Å². The number of carbonyl (C=O) groups excluding carboxylic acids is 1. The highest BCUT2D eigenvalue weighted by Gasteiger charge is 2.22. The zero-order valence-corrected chi connectivity index (χ0v) is 12.5. The summed E-state index contributed by atoms with van der Waals surface area (Å²) < 4.78 is 0. The molecule has 1 atom stereocenters. The SMILES string of the molecule is CC(C)N(CCCC(=O)O)C(=O)CC1CSCCN1. The molecular weight excluding hydrogens is 264 g/mol. The van der Waals surface area contributed by atoms with Crippen molar-refractivity contribution in [2.45, 2.75) is 45.2 Å². The maximum absolute atomic E-state index is 12.3. The minimum absolute atomic E-state index is 0.119. The molecule has 1 amide bonds. The molecule has 110 valence electrons. The van der Waals surface area contributed by atoms with Crippen molar-refractivity contribution in [1.29, 1.82) is 0 Å². The van der Waals surface area contributed by atoms with Crippen LogP contribution in [-0.4, -0.2) is 58.6 Å². The molecule has 0 aromatic carbocycles. The molecule has 0 saturated carbocycles. The highest BCUT2D eigenvalue weighted by Crippen LogP contribution is 2.13. The predicted molar refractivity (Wildman–Crippen MR) is 77.5 cm³/mol. The van der Waals surface area contributed by atoms with Gasteiger partial charge in [-0.25, -0.2) is 0 Å². The molecule has 19 heavy (non-hydrogen) atoms. The van der Waals surface area contributed by atoms with Crippen LogP contribution in [0.25, 0.3) is 0 Å². The quantitative estimate of drug-likeness (QED) is 0.736. The molecule has 2 N–H and O–H groups in total. The van der Waals surface area contributed by atoms with Gasteiger partial charge in [0, 0.05) is 49.5 Å². The minimum atomic E-state index is -0.804. The van der Waals surface area contributed by atoms with Crippen LogP contribution < -0.4 is 5.32 Å². The largest absolute Gasteiger partial charge is 0.481 e. The van der Waals surface area contributed by atoms with Crippen LogP contribution in [0.5, 0.6) is 0 Å². The van der Waals surface area contributed by atoms with Crippen LogP contribution in [0.15, 0.2) is 0 Å². The number of aliphatic carboxylic acids is 1. The average Bonchev–Trinajstić information content (AvgIpc) is 2.35. The van der Waals surface area contributed by atoms with E-state index in [1.807, 2.05) is 25.6 Å². The molecule has 1 heterocycles. The lowest BCUT2D eigenvalue weighted by atomic mass is 10.1. The maximum atomic E-state index is 12.3. The second-order valence-electron chi connectivity index (χ2n) is 5.11. The molecule has 1 unspecified atom stereocenters. The zero-order chi connectivity index (χ0) is 14.3. The van der Waals surface area contributed by atoms with Crippen molar-refractivity contribution in [2.75, 3.05) is 24.6 Å². The highest BCUT2D eigenvalue weighted by molar-refractivity contribution is 7.99. The molecule has 0 spiro atoms. The molecule has 0 aromatic rings. The number of thioether (sulfide) groups is 1. The van der Waals surface area contributed by atoms with Gasteiger partial charge >= 0.3 is 5.97 Å². The summed E-state index contributed by atoms with van der Waals surface area (Å²) in [6.45, 7) is 5.44. The van der Waals surface area contributed by atoms with E-state index in [1.165, 1.54) is 0 Å². The number of nitrogens with zero attached hydrogens (tertiary/aromatic N) is 1. The van der Waals surface area contributed by atoms with Gasteiger partial charge in [0.25, 0.3) is 0 Å². The fourth-order valence-corrected chi connectivity index (χ4v) is 3.10. The van der Waals surface area contributed by atoms with Gasteiger partial charge in [0.1, 0.15) is 0 Å². The van der Waals surface area contributed by atoms with Gasteiger partial charge in [-0.2, -0.15) is 11.8 Å². The minimum Gasteiger partial charge on any atom is -0.481 e. The van der Waals surface area contributed by atoms with E-state index < -0.39 is 5.97 Å². The first-order valence-corrected chi connectivity index (χ1v) is 7.98. The molecule has 1 aliphatic heterocycles. The van der Waals surface area contributed by atoms with Crippen LogP contribution in [0.2, 0.25) is 0 Å². The molecule has 5 nitrogen and oxygen atoms in total. The number of carboxylic acids is 1. The van der Waals surface area contributed by atoms with Gasteiger partial charge in [-0.3, -0.25) is 9.59 Å². The van der Waals surface area contributed by atoms with E-state index in [1.54, 1.807) is 4.90 Å². The molecule has 1 fully saturated rings. The first-order valence-electron chi connectivity index (χ1n) is 6.83. The van der Waals surface area contributed by atoms with Crippen LogP contribution >= 0.6 is 11.8 Å². The summed E-state index contributed by atoms with van der Waals surface area (Å²) in [6.07, 6.45) is 1.15. The van der Waals surface area contributed by atoms with Gasteiger partial charge in [0.15, 0.2) is 0 Å². The topological polar surface area (TPSA) is 69.6 Å². The zero-order valence-electron chi connectivity index (χ0n) is 11.7. The summed E-state index contributed by atoms with van der Waals surface area (Å²) in [5, 5.41) is 12.0. The van der Waals surface area contributed by atoms with Crippen molar-refractivity contribution in [3.8, 4) is 0 Å². The molecule has 6 heteroatoms. The number of carbonyl (C=O) groups is 2. The van der Waals surface area contributed by atoms with Crippen LogP contribution in [0, 0.1) is 0 Å². The monoisotopic (exact) mass is 288 g/mol. The molecule has 1 aliphatic rings. The summed E-state index contributed by atoms with van der Waals surface area (Å²) in [6, 6.07) is 0.379. The van der Waals surface area contributed by atoms with Crippen molar-refractivity contribution < 1.29 is 14.7 Å². The molecule has 1 saturated heterocycles. The second-order valence-corrected chi connectivity index (χ2v) is 6.26. The van der Waals surface area contributed by atoms with Crippen molar-refractivity contribution >= 4 is 23.6 Å².